The van der Waals surface area contributed by atoms with E-state index in [-0.39, 0.29) is 5.82 Å². The number of fused-ring (bicyclic) bond motifs is 1. The molecule has 0 aromatic heterocycles. The molecule has 1 aliphatic rings. The standard InChI is InChI=1S/C22H21FN2/c1-16-6-11-21(14-22(16)24-20-9-7-19(23)8-10-20)25-13-12-17-4-2-3-5-18(17)15-25/h2-11,14,24H,12-13,15H2,1H3. The highest BCUT2D eigenvalue weighted by Crippen LogP contribution is 2.29. The molecule has 1 heterocycles. The van der Waals surface area contributed by atoms with E-state index in [1.807, 2.05) is 0 Å². The summed E-state index contributed by atoms with van der Waals surface area (Å²) in [5, 5.41) is 3.40. The number of rotatable bonds is 3. The monoisotopic (exact) mass is 332 g/mol. The molecule has 3 aromatic carbocycles. The molecule has 1 aliphatic heterocycles. The largest absolute Gasteiger partial charge is 0.367 e. The smallest absolute Gasteiger partial charge is 0.123 e. The number of aryl methyl sites for hydroxylation is 1. The second kappa shape index (κ2) is 6.60. The average molecular weight is 332 g/mol. The first-order valence-electron chi connectivity index (χ1n) is 8.64. The van der Waals surface area contributed by atoms with Crippen LogP contribution >= 0.6 is 0 Å². The quantitative estimate of drug-likeness (QED) is 0.687. The summed E-state index contributed by atoms with van der Waals surface area (Å²) in [6.45, 7) is 4.05. The Morgan fingerprint density at radius 3 is 2.48 bits per heavy atom. The highest BCUT2D eigenvalue weighted by atomic mass is 19.1. The molecule has 2 nitrogen and oxygen atoms in total. The minimum absolute atomic E-state index is 0.219. The Balaban J connectivity index is 1.58. The lowest BCUT2D eigenvalue weighted by Crippen LogP contribution is -2.30. The lowest BCUT2D eigenvalue weighted by Gasteiger charge is -2.31. The molecule has 0 bridgehead atoms. The number of hydrogen-bond donors (Lipinski definition) is 1. The summed E-state index contributed by atoms with van der Waals surface area (Å²) >= 11 is 0. The van der Waals surface area contributed by atoms with Crippen molar-refractivity contribution in [1.29, 1.82) is 0 Å². The zero-order valence-corrected chi connectivity index (χ0v) is 14.3. The van der Waals surface area contributed by atoms with Crippen molar-refractivity contribution in [2.24, 2.45) is 0 Å². The second-order valence-electron chi connectivity index (χ2n) is 6.57. The molecule has 0 aliphatic carbocycles. The van der Waals surface area contributed by atoms with Crippen LogP contribution in [0.5, 0.6) is 0 Å². The SMILES string of the molecule is Cc1ccc(N2CCc3ccccc3C2)cc1Nc1ccc(F)cc1. The van der Waals surface area contributed by atoms with Gasteiger partial charge in [-0.2, -0.15) is 0 Å². The third kappa shape index (κ3) is 3.36. The van der Waals surface area contributed by atoms with Crippen LogP contribution in [0.4, 0.5) is 21.5 Å². The van der Waals surface area contributed by atoms with Gasteiger partial charge < -0.3 is 10.2 Å². The van der Waals surface area contributed by atoms with Crippen molar-refractivity contribution in [2.45, 2.75) is 19.9 Å². The van der Waals surface area contributed by atoms with E-state index >= 15 is 0 Å². The zero-order chi connectivity index (χ0) is 17.2. The second-order valence-corrected chi connectivity index (χ2v) is 6.57. The summed E-state index contributed by atoms with van der Waals surface area (Å²) < 4.78 is 13.1. The van der Waals surface area contributed by atoms with Crippen molar-refractivity contribution in [1.82, 2.24) is 0 Å². The number of nitrogens with zero attached hydrogens (tertiary/aromatic N) is 1. The summed E-state index contributed by atoms with van der Waals surface area (Å²) in [6.07, 6.45) is 1.07. The molecule has 25 heavy (non-hydrogen) atoms. The molecule has 0 amide bonds. The van der Waals surface area contributed by atoms with E-state index < -0.39 is 0 Å². The van der Waals surface area contributed by atoms with E-state index in [4.69, 9.17) is 0 Å². The molecule has 3 aromatic rings. The van der Waals surface area contributed by atoms with Crippen molar-refractivity contribution in [2.75, 3.05) is 16.8 Å². The van der Waals surface area contributed by atoms with E-state index in [9.17, 15) is 4.39 Å². The maximum absolute atomic E-state index is 13.1. The van der Waals surface area contributed by atoms with Gasteiger partial charge in [0.25, 0.3) is 0 Å². The molecule has 0 fully saturated rings. The summed E-state index contributed by atoms with van der Waals surface area (Å²) in [7, 11) is 0. The molecule has 0 saturated heterocycles. The van der Waals surface area contributed by atoms with Gasteiger partial charge in [-0.25, -0.2) is 4.39 Å². The summed E-state index contributed by atoms with van der Waals surface area (Å²) in [4.78, 5) is 2.41. The highest BCUT2D eigenvalue weighted by molar-refractivity contribution is 5.68. The van der Waals surface area contributed by atoms with Crippen molar-refractivity contribution < 1.29 is 4.39 Å². The van der Waals surface area contributed by atoms with Crippen LogP contribution in [0.2, 0.25) is 0 Å². The third-order valence-electron chi connectivity index (χ3n) is 4.84. The van der Waals surface area contributed by atoms with Crippen LogP contribution < -0.4 is 10.2 Å². The lowest BCUT2D eigenvalue weighted by molar-refractivity contribution is 0.628. The molecule has 0 saturated carbocycles. The Morgan fingerprint density at radius 1 is 0.920 bits per heavy atom. The van der Waals surface area contributed by atoms with Crippen molar-refractivity contribution in [3.8, 4) is 0 Å². The van der Waals surface area contributed by atoms with E-state index in [0.717, 1.165) is 30.9 Å². The van der Waals surface area contributed by atoms with E-state index in [1.165, 1.54) is 34.5 Å². The molecule has 0 unspecified atom stereocenters. The summed E-state index contributed by atoms with van der Waals surface area (Å²) in [6, 6.07) is 21.7. The Kier molecular flexibility index (Phi) is 4.14. The Labute approximate surface area is 147 Å². The first-order valence-corrected chi connectivity index (χ1v) is 8.64. The molecule has 3 heteroatoms. The van der Waals surface area contributed by atoms with Crippen LogP contribution in [0, 0.1) is 12.7 Å². The molecular formula is C22H21FN2. The third-order valence-corrected chi connectivity index (χ3v) is 4.84. The molecular weight excluding hydrogens is 311 g/mol. The summed E-state index contributed by atoms with van der Waals surface area (Å²) in [5.41, 5.74) is 7.20. The van der Waals surface area contributed by atoms with Gasteiger partial charge in [-0.05, 0) is 66.4 Å². The van der Waals surface area contributed by atoms with Gasteiger partial charge in [0.2, 0.25) is 0 Å². The molecule has 4 rings (SSSR count). The minimum atomic E-state index is -0.219. The fourth-order valence-electron chi connectivity index (χ4n) is 3.35. The average Bonchev–Trinajstić information content (AvgIpc) is 2.65. The van der Waals surface area contributed by atoms with Gasteiger partial charge >= 0.3 is 0 Å². The van der Waals surface area contributed by atoms with Crippen LogP contribution in [0.3, 0.4) is 0 Å². The minimum Gasteiger partial charge on any atom is -0.367 e. The van der Waals surface area contributed by atoms with Crippen molar-refractivity contribution >= 4 is 17.1 Å². The fourth-order valence-corrected chi connectivity index (χ4v) is 3.35. The first-order chi connectivity index (χ1) is 12.2. The Bertz CT molecular complexity index is 887. The molecule has 0 spiro atoms. The van der Waals surface area contributed by atoms with Gasteiger partial charge in [0.05, 0.1) is 0 Å². The zero-order valence-electron chi connectivity index (χ0n) is 14.3. The maximum atomic E-state index is 13.1. The van der Waals surface area contributed by atoms with Gasteiger partial charge in [0.15, 0.2) is 0 Å². The molecule has 0 atom stereocenters. The van der Waals surface area contributed by atoms with Crippen molar-refractivity contribution in [3.05, 3.63) is 89.2 Å². The van der Waals surface area contributed by atoms with Gasteiger partial charge in [-0.3, -0.25) is 0 Å². The Morgan fingerprint density at radius 2 is 1.68 bits per heavy atom. The normalized spacial score (nSPS) is 13.4. The van der Waals surface area contributed by atoms with E-state index in [1.54, 1.807) is 12.1 Å². The number of halogens is 1. The van der Waals surface area contributed by atoms with Crippen LogP contribution in [-0.2, 0) is 13.0 Å². The van der Waals surface area contributed by atoms with Gasteiger partial charge in [-0.1, -0.05) is 30.3 Å². The maximum Gasteiger partial charge on any atom is 0.123 e. The Hall–Kier alpha value is -2.81. The lowest BCUT2D eigenvalue weighted by atomic mass is 9.99. The predicted octanol–water partition coefficient (Wildman–Crippen LogP) is 5.44. The number of benzene rings is 3. The molecule has 126 valence electrons. The van der Waals surface area contributed by atoms with Gasteiger partial charge in [-0.15, -0.1) is 0 Å². The topological polar surface area (TPSA) is 15.3 Å². The molecule has 1 N–H and O–H groups in total. The van der Waals surface area contributed by atoms with E-state index in [2.05, 4.69) is 59.6 Å². The first kappa shape index (κ1) is 15.7. The van der Waals surface area contributed by atoms with Gasteiger partial charge in [0.1, 0.15) is 5.82 Å². The van der Waals surface area contributed by atoms with Crippen LogP contribution in [0.25, 0.3) is 0 Å². The predicted molar refractivity (Wildman–Crippen MR) is 102 cm³/mol. The summed E-state index contributed by atoms with van der Waals surface area (Å²) in [5.74, 6) is -0.219. The van der Waals surface area contributed by atoms with Gasteiger partial charge in [0, 0.05) is 30.2 Å². The van der Waals surface area contributed by atoms with Crippen molar-refractivity contribution in [3.63, 3.8) is 0 Å². The van der Waals surface area contributed by atoms with E-state index in [0.29, 0.717) is 0 Å². The fraction of sp³-hybridized carbons (Fsp3) is 0.182. The number of hydrogen-bond acceptors (Lipinski definition) is 2. The highest BCUT2D eigenvalue weighted by Gasteiger charge is 2.16. The van der Waals surface area contributed by atoms with Crippen LogP contribution in [0.1, 0.15) is 16.7 Å². The van der Waals surface area contributed by atoms with Crippen LogP contribution in [-0.4, -0.2) is 6.54 Å². The molecule has 0 radical (unpaired) electrons. The number of anilines is 3. The number of nitrogens with one attached hydrogen (secondary N) is 1. The van der Waals surface area contributed by atoms with Crippen LogP contribution in [0.15, 0.2) is 66.7 Å².